The molecule has 2 aromatic carbocycles. The van der Waals surface area contributed by atoms with Crippen molar-refractivity contribution < 1.29 is 9.66 Å². The van der Waals surface area contributed by atoms with Crippen molar-refractivity contribution in [2.24, 2.45) is 0 Å². The van der Waals surface area contributed by atoms with Gasteiger partial charge in [-0.1, -0.05) is 29.8 Å². The van der Waals surface area contributed by atoms with Crippen molar-refractivity contribution in [3.63, 3.8) is 0 Å². The van der Waals surface area contributed by atoms with Crippen LogP contribution in [0.5, 0.6) is 11.5 Å². The number of benzene rings is 2. The number of rotatable bonds is 5. The van der Waals surface area contributed by atoms with Gasteiger partial charge in [0.2, 0.25) is 5.75 Å². The highest BCUT2D eigenvalue weighted by Crippen LogP contribution is 2.36. The van der Waals surface area contributed by atoms with E-state index in [2.05, 4.69) is 5.32 Å². The lowest BCUT2D eigenvalue weighted by Crippen LogP contribution is -2.04. The molecule has 0 saturated heterocycles. The summed E-state index contributed by atoms with van der Waals surface area (Å²) in [6, 6.07) is 11.9. The molecule has 0 spiro atoms. The second kappa shape index (κ2) is 6.36. The molecular formula is C14H13ClN2O3. The standard InChI is InChI=1S/C14H13ClN2O3/c1-16-9-10-4-2-5-11(8-10)20-13-7-3-6-12(15)14(13)17(18)19/h2-8,16H,9H2,1H3. The molecule has 0 fully saturated rings. The maximum absolute atomic E-state index is 11.0. The molecule has 0 amide bonds. The van der Waals surface area contributed by atoms with Crippen LogP contribution in [0.15, 0.2) is 42.5 Å². The number of nitro groups is 1. The van der Waals surface area contributed by atoms with Crippen LogP contribution < -0.4 is 10.1 Å². The summed E-state index contributed by atoms with van der Waals surface area (Å²) in [6.07, 6.45) is 0. The van der Waals surface area contributed by atoms with E-state index in [0.29, 0.717) is 12.3 Å². The van der Waals surface area contributed by atoms with Gasteiger partial charge in [-0.2, -0.15) is 0 Å². The van der Waals surface area contributed by atoms with E-state index in [9.17, 15) is 10.1 Å². The highest BCUT2D eigenvalue weighted by atomic mass is 35.5. The van der Waals surface area contributed by atoms with Gasteiger partial charge >= 0.3 is 5.69 Å². The molecule has 0 radical (unpaired) electrons. The van der Waals surface area contributed by atoms with Crippen LogP contribution in [-0.4, -0.2) is 12.0 Å². The van der Waals surface area contributed by atoms with E-state index < -0.39 is 4.92 Å². The second-order valence-corrected chi connectivity index (χ2v) is 4.53. The predicted octanol–water partition coefficient (Wildman–Crippen LogP) is 3.76. The van der Waals surface area contributed by atoms with E-state index in [1.54, 1.807) is 12.1 Å². The zero-order valence-corrected chi connectivity index (χ0v) is 11.6. The SMILES string of the molecule is CNCc1cccc(Oc2cccc(Cl)c2[N+](=O)[O-])c1. The van der Waals surface area contributed by atoms with Gasteiger partial charge in [-0.05, 0) is 36.9 Å². The first-order chi connectivity index (χ1) is 9.61. The predicted molar refractivity (Wildman–Crippen MR) is 77.4 cm³/mol. The summed E-state index contributed by atoms with van der Waals surface area (Å²) in [7, 11) is 1.84. The van der Waals surface area contributed by atoms with E-state index in [1.807, 2.05) is 25.2 Å². The third-order valence-corrected chi connectivity index (χ3v) is 2.94. The summed E-state index contributed by atoms with van der Waals surface area (Å²) in [5, 5.41) is 14.1. The molecule has 0 aliphatic rings. The van der Waals surface area contributed by atoms with Crippen LogP contribution in [-0.2, 0) is 6.54 Å². The fraction of sp³-hybridized carbons (Fsp3) is 0.143. The Morgan fingerprint density at radius 1 is 1.30 bits per heavy atom. The molecule has 0 unspecified atom stereocenters. The van der Waals surface area contributed by atoms with Gasteiger partial charge in [0.25, 0.3) is 0 Å². The van der Waals surface area contributed by atoms with Crippen LogP contribution in [0.1, 0.15) is 5.56 Å². The molecule has 104 valence electrons. The van der Waals surface area contributed by atoms with Crippen molar-refractivity contribution in [2.75, 3.05) is 7.05 Å². The van der Waals surface area contributed by atoms with Crippen molar-refractivity contribution in [3.8, 4) is 11.5 Å². The topological polar surface area (TPSA) is 64.4 Å². The van der Waals surface area contributed by atoms with Gasteiger partial charge in [-0.3, -0.25) is 10.1 Å². The summed E-state index contributed by atoms with van der Waals surface area (Å²) in [5.41, 5.74) is 0.794. The highest BCUT2D eigenvalue weighted by Gasteiger charge is 2.20. The first-order valence-electron chi connectivity index (χ1n) is 5.96. The van der Waals surface area contributed by atoms with Crippen molar-refractivity contribution in [3.05, 3.63) is 63.2 Å². The Morgan fingerprint density at radius 3 is 2.75 bits per heavy atom. The van der Waals surface area contributed by atoms with E-state index in [4.69, 9.17) is 16.3 Å². The molecule has 0 saturated carbocycles. The Kier molecular flexibility index (Phi) is 4.55. The fourth-order valence-corrected chi connectivity index (χ4v) is 2.04. The monoisotopic (exact) mass is 292 g/mol. The Labute approximate surface area is 121 Å². The average Bonchev–Trinajstić information content (AvgIpc) is 2.39. The largest absolute Gasteiger partial charge is 0.450 e. The average molecular weight is 293 g/mol. The third kappa shape index (κ3) is 3.26. The maximum atomic E-state index is 11.0. The van der Waals surface area contributed by atoms with Crippen LogP contribution in [0.25, 0.3) is 0 Å². The lowest BCUT2D eigenvalue weighted by Gasteiger charge is -2.08. The summed E-state index contributed by atoms with van der Waals surface area (Å²) < 4.78 is 5.58. The maximum Gasteiger partial charge on any atom is 0.329 e. The summed E-state index contributed by atoms with van der Waals surface area (Å²) in [5.74, 6) is 0.659. The van der Waals surface area contributed by atoms with Gasteiger partial charge in [-0.15, -0.1) is 0 Å². The minimum Gasteiger partial charge on any atom is -0.450 e. The zero-order chi connectivity index (χ0) is 14.5. The summed E-state index contributed by atoms with van der Waals surface area (Å²) in [4.78, 5) is 10.5. The van der Waals surface area contributed by atoms with Crippen molar-refractivity contribution >= 4 is 17.3 Å². The number of ether oxygens (including phenoxy) is 1. The lowest BCUT2D eigenvalue weighted by atomic mass is 10.2. The highest BCUT2D eigenvalue weighted by molar-refractivity contribution is 6.32. The van der Waals surface area contributed by atoms with E-state index in [0.717, 1.165) is 5.56 Å². The van der Waals surface area contributed by atoms with Crippen LogP contribution in [0.3, 0.4) is 0 Å². The first-order valence-corrected chi connectivity index (χ1v) is 6.34. The molecule has 0 atom stereocenters. The normalized spacial score (nSPS) is 10.3. The Hall–Kier alpha value is -2.11. The van der Waals surface area contributed by atoms with E-state index >= 15 is 0 Å². The minimum atomic E-state index is -0.547. The minimum absolute atomic E-state index is 0.0545. The zero-order valence-electron chi connectivity index (χ0n) is 10.8. The van der Waals surface area contributed by atoms with Gasteiger partial charge < -0.3 is 10.1 Å². The quantitative estimate of drug-likeness (QED) is 0.673. The molecule has 0 bridgehead atoms. The van der Waals surface area contributed by atoms with Crippen LogP contribution >= 0.6 is 11.6 Å². The molecule has 2 rings (SSSR count). The Bertz CT molecular complexity index is 632. The van der Waals surface area contributed by atoms with E-state index in [1.165, 1.54) is 12.1 Å². The molecule has 5 nitrogen and oxygen atoms in total. The van der Waals surface area contributed by atoms with Crippen LogP contribution in [0.2, 0.25) is 5.02 Å². The summed E-state index contributed by atoms with van der Waals surface area (Å²) in [6.45, 7) is 0.689. The summed E-state index contributed by atoms with van der Waals surface area (Å²) >= 11 is 5.84. The van der Waals surface area contributed by atoms with Gasteiger partial charge in [0.1, 0.15) is 10.8 Å². The van der Waals surface area contributed by atoms with Gasteiger partial charge in [0.15, 0.2) is 0 Å². The Morgan fingerprint density at radius 2 is 2.05 bits per heavy atom. The number of nitro benzene ring substituents is 1. The molecule has 0 heterocycles. The van der Waals surface area contributed by atoms with Gasteiger partial charge in [-0.25, -0.2) is 0 Å². The van der Waals surface area contributed by atoms with Gasteiger partial charge in [0.05, 0.1) is 4.92 Å². The van der Waals surface area contributed by atoms with E-state index in [-0.39, 0.29) is 16.5 Å². The molecule has 2 aromatic rings. The number of nitrogens with one attached hydrogen (secondary N) is 1. The number of hydrogen-bond donors (Lipinski definition) is 1. The molecule has 1 N–H and O–H groups in total. The third-order valence-electron chi connectivity index (χ3n) is 2.64. The Balaban J connectivity index is 2.32. The number of para-hydroxylation sites is 1. The number of nitrogens with zero attached hydrogens (tertiary/aromatic N) is 1. The van der Waals surface area contributed by atoms with Crippen molar-refractivity contribution in [2.45, 2.75) is 6.54 Å². The first kappa shape index (κ1) is 14.3. The lowest BCUT2D eigenvalue weighted by molar-refractivity contribution is -0.385. The molecular weight excluding hydrogens is 280 g/mol. The number of halogens is 1. The second-order valence-electron chi connectivity index (χ2n) is 4.12. The molecule has 0 aliphatic carbocycles. The molecule has 20 heavy (non-hydrogen) atoms. The van der Waals surface area contributed by atoms with Crippen LogP contribution in [0.4, 0.5) is 5.69 Å². The molecule has 0 aliphatic heterocycles. The van der Waals surface area contributed by atoms with Crippen molar-refractivity contribution in [1.82, 2.24) is 5.32 Å². The van der Waals surface area contributed by atoms with Crippen molar-refractivity contribution in [1.29, 1.82) is 0 Å². The fourth-order valence-electron chi connectivity index (χ4n) is 1.81. The smallest absolute Gasteiger partial charge is 0.329 e. The van der Waals surface area contributed by atoms with Crippen LogP contribution in [0, 0.1) is 10.1 Å². The molecule has 0 aromatic heterocycles. The molecule has 6 heteroatoms. The number of hydrogen-bond acceptors (Lipinski definition) is 4. The van der Waals surface area contributed by atoms with Gasteiger partial charge in [0, 0.05) is 6.54 Å².